The number of hydrogen-bond acceptors (Lipinski definition) is 4. The third kappa shape index (κ3) is 2.91. The average Bonchev–Trinajstić information content (AvgIpc) is 2.48. The van der Waals surface area contributed by atoms with Crippen molar-refractivity contribution in [3.05, 3.63) is 54.0 Å². The molecule has 2 aliphatic heterocycles. The number of sulfonamides is 1. The Labute approximate surface area is 126 Å². The van der Waals surface area contributed by atoms with Gasteiger partial charge >= 0.3 is 0 Å². The van der Waals surface area contributed by atoms with Gasteiger partial charge in [0.05, 0.1) is 11.3 Å². The highest BCUT2D eigenvalue weighted by Gasteiger charge is 2.29. The van der Waals surface area contributed by atoms with E-state index in [1.165, 1.54) is 30.3 Å². The van der Waals surface area contributed by atoms with Crippen LogP contribution in [-0.4, -0.2) is 37.4 Å². The molecule has 0 spiro atoms. The molecule has 0 aromatic heterocycles. The standard InChI is InChI=1S/C14H12FN3O3S/c15-10-3-5-11(6-4-10)16-14(19)12-2-1-7-18-8-9-22(20,21)17-13(12)18/h1-7H,8-9H2,(H,16,19). The monoisotopic (exact) mass is 321 g/mol. The van der Waals surface area contributed by atoms with Gasteiger partial charge in [0.1, 0.15) is 5.82 Å². The highest BCUT2D eigenvalue weighted by molar-refractivity contribution is 7.90. The lowest BCUT2D eigenvalue weighted by molar-refractivity contribution is -0.112. The molecular weight excluding hydrogens is 309 g/mol. The molecule has 2 heterocycles. The Hall–Kier alpha value is -2.48. The molecule has 6 nitrogen and oxygen atoms in total. The normalized spacial score (nSPS) is 19.0. The van der Waals surface area contributed by atoms with Crippen LogP contribution in [0.5, 0.6) is 0 Å². The number of anilines is 1. The van der Waals surface area contributed by atoms with Crippen molar-refractivity contribution >= 4 is 27.5 Å². The molecule has 0 aliphatic carbocycles. The number of benzene rings is 1. The summed E-state index contributed by atoms with van der Waals surface area (Å²) in [5.41, 5.74) is 0.558. The van der Waals surface area contributed by atoms with Crippen LogP contribution in [0.15, 0.2) is 52.6 Å². The van der Waals surface area contributed by atoms with E-state index in [1.807, 2.05) is 0 Å². The second-order valence-electron chi connectivity index (χ2n) is 4.78. The lowest BCUT2D eigenvalue weighted by Gasteiger charge is -2.28. The first-order valence-corrected chi connectivity index (χ1v) is 8.11. The summed E-state index contributed by atoms with van der Waals surface area (Å²) >= 11 is 0. The smallest absolute Gasteiger partial charge is 0.259 e. The molecule has 2 aliphatic rings. The Bertz CT molecular complexity index is 810. The van der Waals surface area contributed by atoms with Gasteiger partial charge in [0.2, 0.25) is 0 Å². The number of carbonyl (C=O) groups excluding carboxylic acids is 1. The number of hydrogen-bond donors (Lipinski definition) is 1. The predicted molar refractivity (Wildman–Crippen MR) is 80.2 cm³/mol. The Morgan fingerprint density at radius 3 is 2.73 bits per heavy atom. The van der Waals surface area contributed by atoms with Crippen LogP contribution >= 0.6 is 0 Å². The molecule has 0 unspecified atom stereocenters. The van der Waals surface area contributed by atoms with Crippen LogP contribution in [0.25, 0.3) is 0 Å². The molecule has 114 valence electrons. The summed E-state index contributed by atoms with van der Waals surface area (Å²) in [5.74, 6) is -0.898. The zero-order chi connectivity index (χ0) is 15.7. The summed E-state index contributed by atoms with van der Waals surface area (Å²) in [7, 11) is -3.56. The number of amidine groups is 1. The molecule has 0 fully saturated rings. The van der Waals surface area contributed by atoms with Crippen LogP contribution < -0.4 is 5.32 Å². The van der Waals surface area contributed by atoms with Gasteiger partial charge in [-0.05, 0) is 36.4 Å². The van der Waals surface area contributed by atoms with Crippen molar-refractivity contribution in [2.45, 2.75) is 0 Å². The number of halogens is 1. The minimum absolute atomic E-state index is 0.0896. The largest absolute Gasteiger partial charge is 0.331 e. The number of carbonyl (C=O) groups is 1. The Balaban J connectivity index is 1.88. The van der Waals surface area contributed by atoms with Crippen LogP contribution in [0.2, 0.25) is 0 Å². The number of nitrogens with one attached hydrogen (secondary N) is 1. The molecule has 0 bridgehead atoms. The van der Waals surface area contributed by atoms with Crippen molar-refractivity contribution in [1.82, 2.24) is 4.90 Å². The van der Waals surface area contributed by atoms with Gasteiger partial charge in [0.25, 0.3) is 15.9 Å². The van der Waals surface area contributed by atoms with Crippen molar-refractivity contribution < 1.29 is 17.6 Å². The molecule has 3 rings (SSSR count). The number of nitrogens with zero attached hydrogens (tertiary/aromatic N) is 2. The van der Waals surface area contributed by atoms with E-state index in [0.717, 1.165) is 0 Å². The van der Waals surface area contributed by atoms with E-state index in [0.29, 0.717) is 5.69 Å². The van der Waals surface area contributed by atoms with E-state index < -0.39 is 21.7 Å². The van der Waals surface area contributed by atoms with Crippen molar-refractivity contribution in [3.8, 4) is 0 Å². The van der Waals surface area contributed by atoms with Gasteiger partial charge in [-0.25, -0.2) is 12.8 Å². The van der Waals surface area contributed by atoms with Crippen LogP contribution in [0.1, 0.15) is 0 Å². The van der Waals surface area contributed by atoms with Crippen LogP contribution in [-0.2, 0) is 14.8 Å². The summed E-state index contributed by atoms with van der Waals surface area (Å²) in [4.78, 5) is 13.9. The van der Waals surface area contributed by atoms with Crippen molar-refractivity contribution in [1.29, 1.82) is 0 Å². The first kappa shape index (κ1) is 14.5. The molecule has 0 atom stereocenters. The Morgan fingerprint density at radius 1 is 1.27 bits per heavy atom. The van der Waals surface area contributed by atoms with Gasteiger partial charge in [-0.1, -0.05) is 0 Å². The van der Waals surface area contributed by atoms with Gasteiger partial charge < -0.3 is 10.2 Å². The lowest BCUT2D eigenvalue weighted by Crippen LogP contribution is -2.40. The van der Waals surface area contributed by atoms with E-state index in [9.17, 15) is 17.6 Å². The molecule has 22 heavy (non-hydrogen) atoms. The van der Waals surface area contributed by atoms with Crippen LogP contribution in [0.4, 0.5) is 10.1 Å². The maximum atomic E-state index is 12.9. The number of amides is 1. The van der Waals surface area contributed by atoms with Gasteiger partial charge in [-0.2, -0.15) is 0 Å². The molecular formula is C14H12FN3O3S. The summed E-state index contributed by atoms with van der Waals surface area (Å²) in [6.07, 6.45) is 4.81. The van der Waals surface area contributed by atoms with Crippen LogP contribution in [0, 0.1) is 5.82 Å². The first-order valence-electron chi connectivity index (χ1n) is 6.50. The molecule has 8 heteroatoms. The van der Waals surface area contributed by atoms with Gasteiger partial charge in [0.15, 0.2) is 5.84 Å². The van der Waals surface area contributed by atoms with Gasteiger partial charge in [-0.15, -0.1) is 4.40 Å². The minimum Gasteiger partial charge on any atom is -0.331 e. The molecule has 0 saturated carbocycles. The average molecular weight is 321 g/mol. The molecule has 1 aromatic carbocycles. The maximum Gasteiger partial charge on any atom is 0.259 e. The van der Waals surface area contributed by atoms with Gasteiger partial charge in [0, 0.05) is 18.4 Å². The number of allylic oxidation sites excluding steroid dienone is 2. The molecule has 1 N–H and O–H groups in total. The second-order valence-corrected chi connectivity index (χ2v) is 6.53. The van der Waals surface area contributed by atoms with E-state index in [4.69, 9.17) is 0 Å². The van der Waals surface area contributed by atoms with E-state index in [-0.39, 0.29) is 23.7 Å². The van der Waals surface area contributed by atoms with E-state index in [1.54, 1.807) is 17.2 Å². The third-order valence-electron chi connectivity index (χ3n) is 3.20. The molecule has 1 amide bonds. The molecule has 0 radical (unpaired) electrons. The highest BCUT2D eigenvalue weighted by Crippen LogP contribution is 2.19. The zero-order valence-corrected chi connectivity index (χ0v) is 12.2. The number of rotatable bonds is 2. The predicted octanol–water partition coefficient (Wildman–Crippen LogP) is 1.26. The highest BCUT2D eigenvalue weighted by atomic mass is 32.2. The van der Waals surface area contributed by atoms with Crippen LogP contribution in [0.3, 0.4) is 0 Å². The minimum atomic E-state index is -3.56. The van der Waals surface area contributed by atoms with E-state index in [2.05, 4.69) is 9.71 Å². The van der Waals surface area contributed by atoms with Gasteiger partial charge in [-0.3, -0.25) is 4.79 Å². The zero-order valence-electron chi connectivity index (χ0n) is 11.4. The van der Waals surface area contributed by atoms with Crippen molar-refractivity contribution in [2.75, 3.05) is 17.6 Å². The van der Waals surface area contributed by atoms with Crippen molar-refractivity contribution in [3.63, 3.8) is 0 Å². The Morgan fingerprint density at radius 2 is 2.00 bits per heavy atom. The van der Waals surface area contributed by atoms with Crippen molar-refractivity contribution in [2.24, 2.45) is 4.40 Å². The summed E-state index contributed by atoms with van der Waals surface area (Å²) in [6.45, 7) is 0.249. The maximum absolute atomic E-state index is 12.9. The summed E-state index contributed by atoms with van der Waals surface area (Å²) < 4.78 is 39.8. The third-order valence-corrected chi connectivity index (χ3v) is 4.35. The fourth-order valence-corrected chi connectivity index (χ4v) is 3.11. The van der Waals surface area contributed by atoms with E-state index >= 15 is 0 Å². The molecule has 0 saturated heterocycles. The fraction of sp³-hybridized carbons (Fsp3) is 0.143. The molecule has 1 aromatic rings. The Kier molecular flexibility index (Phi) is 3.53. The topological polar surface area (TPSA) is 78.8 Å². The SMILES string of the molecule is O=C(Nc1ccc(F)cc1)C1=CC=CN2CCS(=O)(=O)N=C12. The lowest BCUT2D eigenvalue weighted by atomic mass is 10.1. The summed E-state index contributed by atoms with van der Waals surface area (Å²) in [5, 5.41) is 2.59. The quantitative estimate of drug-likeness (QED) is 0.889. The summed E-state index contributed by atoms with van der Waals surface area (Å²) in [6, 6.07) is 5.28. The fourth-order valence-electron chi connectivity index (χ4n) is 2.13. The number of fused-ring (bicyclic) bond motifs is 1. The first-order chi connectivity index (χ1) is 10.4. The second kappa shape index (κ2) is 5.38.